The molecule has 70 valence electrons. The number of rotatable bonds is 2. The molecule has 0 bridgehead atoms. The van der Waals surface area contributed by atoms with Crippen molar-refractivity contribution < 1.29 is 4.84 Å². The van der Waals surface area contributed by atoms with Gasteiger partial charge >= 0.3 is 0 Å². The summed E-state index contributed by atoms with van der Waals surface area (Å²) >= 11 is 0. The second-order valence-corrected chi connectivity index (χ2v) is 4.41. The Hall–Kier alpha value is -0.120. The fourth-order valence-corrected chi connectivity index (χ4v) is 2.19. The lowest BCUT2D eigenvalue weighted by Crippen LogP contribution is -2.31. The summed E-state index contributed by atoms with van der Waals surface area (Å²) in [6.07, 6.45) is 0. The van der Waals surface area contributed by atoms with Gasteiger partial charge in [0.15, 0.2) is 0 Å². The van der Waals surface area contributed by atoms with Crippen molar-refractivity contribution in [2.75, 3.05) is 26.2 Å². The van der Waals surface area contributed by atoms with Crippen LogP contribution < -0.4 is 5.48 Å². The highest BCUT2D eigenvalue weighted by atomic mass is 16.7. The minimum atomic E-state index is 0.601. The first kappa shape index (κ1) is 8.48. The van der Waals surface area contributed by atoms with Gasteiger partial charge in [-0.3, -0.25) is 0 Å². The molecule has 0 aliphatic carbocycles. The molecule has 1 N–H and O–H groups in total. The van der Waals surface area contributed by atoms with Crippen molar-refractivity contribution in [3.63, 3.8) is 0 Å². The van der Waals surface area contributed by atoms with E-state index in [9.17, 15) is 0 Å². The Kier molecular flexibility index (Phi) is 2.35. The first-order chi connectivity index (χ1) is 5.75. The van der Waals surface area contributed by atoms with Gasteiger partial charge in [0.2, 0.25) is 0 Å². The molecule has 2 heterocycles. The van der Waals surface area contributed by atoms with Crippen molar-refractivity contribution in [2.45, 2.75) is 19.9 Å². The summed E-state index contributed by atoms with van der Waals surface area (Å²) in [5, 5.41) is 0. The van der Waals surface area contributed by atoms with Crippen LogP contribution >= 0.6 is 0 Å². The molecule has 0 saturated carbocycles. The molecule has 2 fully saturated rings. The summed E-state index contributed by atoms with van der Waals surface area (Å²) in [6, 6.07) is 0.601. The van der Waals surface area contributed by atoms with Gasteiger partial charge in [0.25, 0.3) is 0 Å². The van der Waals surface area contributed by atoms with Crippen molar-refractivity contribution in [2.24, 2.45) is 11.8 Å². The Bertz CT molecular complexity index is 149. The molecule has 0 radical (unpaired) electrons. The first-order valence-corrected chi connectivity index (χ1v) is 4.85. The standard InChI is InChI=1S/C9H18N2O/c1-7(2)3-11-4-8-6-12-10-9(8)5-11/h7-10H,3-6H2,1-2H3/t8-,9+/m1/s1. The molecule has 2 saturated heterocycles. The Labute approximate surface area is 74.0 Å². The normalized spacial score (nSPS) is 36.2. The third kappa shape index (κ3) is 1.63. The van der Waals surface area contributed by atoms with Crippen LogP contribution in [0.1, 0.15) is 13.8 Å². The number of fused-ring (bicyclic) bond motifs is 1. The Morgan fingerprint density at radius 3 is 3.00 bits per heavy atom. The van der Waals surface area contributed by atoms with E-state index in [1.807, 2.05) is 0 Å². The Balaban J connectivity index is 1.82. The van der Waals surface area contributed by atoms with Crippen LogP contribution in [0.2, 0.25) is 0 Å². The van der Waals surface area contributed by atoms with Gasteiger partial charge in [0.05, 0.1) is 12.6 Å². The lowest BCUT2D eigenvalue weighted by Gasteiger charge is -2.18. The van der Waals surface area contributed by atoms with Crippen molar-refractivity contribution in [1.29, 1.82) is 0 Å². The summed E-state index contributed by atoms with van der Waals surface area (Å²) < 4.78 is 0. The second kappa shape index (κ2) is 3.32. The first-order valence-electron chi connectivity index (χ1n) is 4.85. The van der Waals surface area contributed by atoms with Gasteiger partial charge in [-0.15, -0.1) is 0 Å². The molecule has 0 aromatic rings. The SMILES string of the molecule is CC(C)CN1C[C@@H]2CON[C@H]2C1. The third-order valence-corrected chi connectivity index (χ3v) is 2.67. The number of nitrogens with one attached hydrogen (secondary N) is 1. The zero-order valence-electron chi connectivity index (χ0n) is 7.92. The summed E-state index contributed by atoms with van der Waals surface area (Å²) in [6.45, 7) is 9.07. The Morgan fingerprint density at radius 2 is 2.33 bits per heavy atom. The molecule has 0 aromatic heterocycles. The van der Waals surface area contributed by atoms with E-state index in [0.717, 1.165) is 18.4 Å². The molecule has 2 atom stereocenters. The molecule has 2 rings (SSSR count). The van der Waals surface area contributed by atoms with Crippen LogP contribution in [-0.2, 0) is 4.84 Å². The van der Waals surface area contributed by atoms with E-state index >= 15 is 0 Å². The molecule has 0 amide bonds. The number of likely N-dealkylation sites (tertiary alicyclic amines) is 1. The minimum absolute atomic E-state index is 0.601. The van der Waals surface area contributed by atoms with Crippen LogP contribution in [-0.4, -0.2) is 37.2 Å². The van der Waals surface area contributed by atoms with Gasteiger partial charge in [-0.2, -0.15) is 5.48 Å². The van der Waals surface area contributed by atoms with Gasteiger partial charge < -0.3 is 9.74 Å². The maximum Gasteiger partial charge on any atom is 0.0739 e. The van der Waals surface area contributed by atoms with Gasteiger partial charge in [-0.25, -0.2) is 0 Å². The predicted molar refractivity (Wildman–Crippen MR) is 47.6 cm³/mol. The average molecular weight is 170 g/mol. The topological polar surface area (TPSA) is 24.5 Å². The number of hydroxylamine groups is 1. The highest BCUT2D eigenvalue weighted by Gasteiger charge is 2.36. The summed E-state index contributed by atoms with van der Waals surface area (Å²) in [4.78, 5) is 7.73. The summed E-state index contributed by atoms with van der Waals surface area (Å²) in [5.41, 5.74) is 3.08. The van der Waals surface area contributed by atoms with E-state index in [4.69, 9.17) is 4.84 Å². The number of hydrogen-bond donors (Lipinski definition) is 1. The number of hydrogen-bond acceptors (Lipinski definition) is 3. The van der Waals surface area contributed by atoms with Crippen LogP contribution in [0, 0.1) is 11.8 Å². The lowest BCUT2D eigenvalue weighted by molar-refractivity contribution is 0.0705. The van der Waals surface area contributed by atoms with E-state index in [-0.39, 0.29) is 0 Å². The molecule has 2 aliphatic heterocycles. The number of nitrogens with zero attached hydrogens (tertiary/aromatic N) is 1. The molecule has 2 aliphatic rings. The molecular formula is C9H18N2O. The van der Waals surface area contributed by atoms with Crippen molar-refractivity contribution >= 4 is 0 Å². The van der Waals surface area contributed by atoms with E-state index in [1.165, 1.54) is 19.6 Å². The maximum absolute atomic E-state index is 5.19. The molecule has 3 nitrogen and oxygen atoms in total. The Morgan fingerprint density at radius 1 is 1.50 bits per heavy atom. The third-order valence-electron chi connectivity index (χ3n) is 2.67. The minimum Gasteiger partial charge on any atom is -0.301 e. The summed E-state index contributed by atoms with van der Waals surface area (Å²) in [7, 11) is 0. The van der Waals surface area contributed by atoms with Crippen LogP contribution in [0.15, 0.2) is 0 Å². The lowest BCUT2D eigenvalue weighted by atomic mass is 10.1. The average Bonchev–Trinajstić information content (AvgIpc) is 2.43. The van der Waals surface area contributed by atoms with Crippen molar-refractivity contribution in [3.05, 3.63) is 0 Å². The van der Waals surface area contributed by atoms with Crippen molar-refractivity contribution in [1.82, 2.24) is 10.4 Å². The van der Waals surface area contributed by atoms with Crippen LogP contribution in [0.4, 0.5) is 0 Å². The van der Waals surface area contributed by atoms with E-state index in [2.05, 4.69) is 24.2 Å². The van der Waals surface area contributed by atoms with Gasteiger partial charge in [0, 0.05) is 25.6 Å². The fourth-order valence-electron chi connectivity index (χ4n) is 2.19. The molecular weight excluding hydrogens is 152 g/mol. The quantitative estimate of drug-likeness (QED) is 0.652. The molecule has 0 unspecified atom stereocenters. The van der Waals surface area contributed by atoms with E-state index in [0.29, 0.717) is 6.04 Å². The van der Waals surface area contributed by atoms with E-state index < -0.39 is 0 Å². The molecule has 12 heavy (non-hydrogen) atoms. The van der Waals surface area contributed by atoms with Crippen LogP contribution in [0.5, 0.6) is 0 Å². The van der Waals surface area contributed by atoms with Crippen LogP contribution in [0.25, 0.3) is 0 Å². The second-order valence-electron chi connectivity index (χ2n) is 4.41. The largest absolute Gasteiger partial charge is 0.301 e. The van der Waals surface area contributed by atoms with Gasteiger partial charge in [-0.05, 0) is 5.92 Å². The highest BCUT2D eigenvalue weighted by molar-refractivity contribution is 4.90. The zero-order valence-corrected chi connectivity index (χ0v) is 7.92. The van der Waals surface area contributed by atoms with Gasteiger partial charge in [-0.1, -0.05) is 13.8 Å². The van der Waals surface area contributed by atoms with Crippen molar-refractivity contribution in [3.8, 4) is 0 Å². The smallest absolute Gasteiger partial charge is 0.0739 e. The molecule has 3 heteroatoms. The summed E-state index contributed by atoms with van der Waals surface area (Å²) in [5.74, 6) is 1.52. The predicted octanol–water partition coefficient (Wildman–Crippen LogP) is 0.478. The monoisotopic (exact) mass is 170 g/mol. The van der Waals surface area contributed by atoms with Crippen LogP contribution in [0.3, 0.4) is 0 Å². The molecule has 0 spiro atoms. The van der Waals surface area contributed by atoms with E-state index in [1.54, 1.807) is 0 Å². The molecule has 0 aromatic carbocycles. The fraction of sp³-hybridized carbons (Fsp3) is 1.00. The zero-order chi connectivity index (χ0) is 8.55. The van der Waals surface area contributed by atoms with Gasteiger partial charge in [0.1, 0.15) is 0 Å². The highest BCUT2D eigenvalue weighted by Crippen LogP contribution is 2.22. The maximum atomic E-state index is 5.19.